The van der Waals surface area contributed by atoms with Crippen LogP contribution in [0.5, 0.6) is 0 Å². The van der Waals surface area contributed by atoms with Gasteiger partial charge in [0, 0.05) is 12.3 Å². The van der Waals surface area contributed by atoms with Crippen LogP contribution in [0.3, 0.4) is 0 Å². The van der Waals surface area contributed by atoms with Crippen LogP contribution in [-0.2, 0) is 9.53 Å². The monoisotopic (exact) mass is 274 g/mol. The topological polar surface area (TPSA) is 79.9 Å². The fraction of sp³-hybridized carbons (Fsp3) is 0.500. The van der Waals surface area contributed by atoms with E-state index >= 15 is 0 Å². The van der Waals surface area contributed by atoms with Crippen molar-refractivity contribution in [3.05, 3.63) is 17.6 Å². The van der Waals surface area contributed by atoms with Crippen LogP contribution >= 0.6 is 0 Å². The van der Waals surface area contributed by atoms with E-state index in [4.69, 9.17) is 4.74 Å². The van der Waals surface area contributed by atoms with Crippen molar-refractivity contribution in [1.82, 2.24) is 15.0 Å². The molecule has 2 N–H and O–H groups in total. The highest BCUT2D eigenvalue weighted by Gasteiger charge is 2.31. The van der Waals surface area contributed by atoms with Crippen LogP contribution in [-0.4, -0.2) is 33.6 Å². The Balaban J connectivity index is 1.93. The zero-order valence-corrected chi connectivity index (χ0v) is 11.9. The molecule has 0 aliphatic carbocycles. The molecule has 1 fully saturated rings. The second kappa shape index (κ2) is 4.86. The van der Waals surface area contributed by atoms with Crippen molar-refractivity contribution >= 4 is 22.8 Å². The van der Waals surface area contributed by atoms with Crippen LogP contribution in [0.1, 0.15) is 24.6 Å². The number of aromatic nitrogens is 3. The SMILES string of the molecule is Cc1[nH]c2ncnc(NC(=O)[C@@H]3OCC[C@@H]3C)c2c1C. The summed E-state index contributed by atoms with van der Waals surface area (Å²) in [5, 5.41) is 3.74. The summed E-state index contributed by atoms with van der Waals surface area (Å²) < 4.78 is 5.48. The molecule has 1 saturated heterocycles. The number of ether oxygens (including phenoxy) is 1. The summed E-state index contributed by atoms with van der Waals surface area (Å²) in [6.45, 7) is 6.63. The maximum atomic E-state index is 12.3. The fourth-order valence-corrected chi connectivity index (χ4v) is 2.61. The number of H-pyrrole nitrogens is 1. The third-order valence-electron chi connectivity index (χ3n) is 3.98. The van der Waals surface area contributed by atoms with Gasteiger partial charge < -0.3 is 15.0 Å². The van der Waals surface area contributed by atoms with Gasteiger partial charge in [0.25, 0.3) is 5.91 Å². The molecular formula is C14H18N4O2. The first kappa shape index (κ1) is 13.1. The summed E-state index contributed by atoms with van der Waals surface area (Å²) in [6.07, 6.45) is 1.98. The van der Waals surface area contributed by atoms with Crippen molar-refractivity contribution in [2.75, 3.05) is 11.9 Å². The third kappa shape index (κ3) is 2.06. The molecule has 2 aromatic rings. The lowest BCUT2D eigenvalue weighted by Crippen LogP contribution is -2.31. The number of carbonyl (C=O) groups excluding carboxylic acids is 1. The average Bonchev–Trinajstić information content (AvgIpc) is 2.95. The maximum absolute atomic E-state index is 12.3. The van der Waals surface area contributed by atoms with Gasteiger partial charge in [-0.25, -0.2) is 9.97 Å². The summed E-state index contributed by atoms with van der Waals surface area (Å²) in [4.78, 5) is 23.9. The Labute approximate surface area is 117 Å². The lowest BCUT2D eigenvalue weighted by atomic mass is 10.0. The van der Waals surface area contributed by atoms with E-state index in [1.807, 2.05) is 20.8 Å². The van der Waals surface area contributed by atoms with Gasteiger partial charge in [-0.05, 0) is 31.7 Å². The summed E-state index contributed by atoms with van der Waals surface area (Å²) in [6, 6.07) is 0. The summed E-state index contributed by atoms with van der Waals surface area (Å²) in [7, 11) is 0. The largest absolute Gasteiger partial charge is 0.368 e. The maximum Gasteiger partial charge on any atom is 0.254 e. The minimum absolute atomic E-state index is 0.131. The number of nitrogens with zero attached hydrogens (tertiary/aromatic N) is 2. The Morgan fingerprint density at radius 3 is 2.95 bits per heavy atom. The second-order valence-electron chi connectivity index (χ2n) is 5.37. The van der Waals surface area contributed by atoms with Gasteiger partial charge in [0.15, 0.2) is 0 Å². The van der Waals surface area contributed by atoms with Gasteiger partial charge in [-0.3, -0.25) is 4.79 Å². The van der Waals surface area contributed by atoms with E-state index in [1.54, 1.807) is 0 Å². The van der Waals surface area contributed by atoms with Crippen molar-refractivity contribution in [2.24, 2.45) is 5.92 Å². The molecule has 2 atom stereocenters. The molecule has 106 valence electrons. The molecule has 0 saturated carbocycles. The van der Waals surface area contributed by atoms with Crippen molar-refractivity contribution in [3.8, 4) is 0 Å². The molecule has 1 amide bonds. The number of aryl methyl sites for hydroxylation is 2. The lowest BCUT2D eigenvalue weighted by Gasteiger charge is -2.14. The Bertz CT molecular complexity index is 664. The predicted octanol–water partition coefficient (Wildman–Crippen LogP) is 1.94. The minimum atomic E-state index is -0.389. The van der Waals surface area contributed by atoms with E-state index in [1.165, 1.54) is 6.33 Å². The van der Waals surface area contributed by atoms with Crippen LogP contribution in [0.4, 0.5) is 5.82 Å². The second-order valence-corrected chi connectivity index (χ2v) is 5.37. The van der Waals surface area contributed by atoms with Crippen LogP contribution in [0.25, 0.3) is 11.0 Å². The van der Waals surface area contributed by atoms with Crippen molar-refractivity contribution in [1.29, 1.82) is 0 Å². The molecule has 0 bridgehead atoms. The Morgan fingerprint density at radius 2 is 2.25 bits per heavy atom. The van der Waals surface area contributed by atoms with Gasteiger partial charge in [0.2, 0.25) is 0 Å². The zero-order valence-electron chi connectivity index (χ0n) is 11.9. The lowest BCUT2D eigenvalue weighted by molar-refractivity contribution is -0.126. The van der Waals surface area contributed by atoms with E-state index in [9.17, 15) is 4.79 Å². The smallest absolute Gasteiger partial charge is 0.254 e. The van der Waals surface area contributed by atoms with Crippen molar-refractivity contribution in [3.63, 3.8) is 0 Å². The summed E-state index contributed by atoms with van der Waals surface area (Å²) >= 11 is 0. The number of hydrogen-bond donors (Lipinski definition) is 2. The highest BCUT2D eigenvalue weighted by atomic mass is 16.5. The molecule has 0 unspecified atom stereocenters. The molecule has 0 spiro atoms. The summed E-state index contributed by atoms with van der Waals surface area (Å²) in [5.41, 5.74) is 2.82. The van der Waals surface area contributed by atoms with Crippen LogP contribution in [0.2, 0.25) is 0 Å². The van der Waals surface area contributed by atoms with Gasteiger partial charge in [0.1, 0.15) is 23.9 Å². The van der Waals surface area contributed by atoms with E-state index < -0.39 is 0 Å². The molecule has 1 aliphatic heterocycles. The number of carbonyl (C=O) groups is 1. The predicted molar refractivity (Wildman–Crippen MR) is 75.5 cm³/mol. The number of hydrogen-bond acceptors (Lipinski definition) is 4. The molecule has 0 aromatic carbocycles. The first-order chi connectivity index (χ1) is 9.58. The zero-order chi connectivity index (χ0) is 14.3. The highest BCUT2D eigenvalue weighted by molar-refractivity contribution is 6.02. The van der Waals surface area contributed by atoms with Crippen LogP contribution in [0, 0.1) is 19.8 Å². The van der Waals surface area contributed by atoms with Gasteiger partial charge in [-0.2, -0.15) is 0 Å². The molecule has 0 radical (unpaired) electrons. The van der Waals surface area contributed by atoms with E-state index in [0.29, 0.717) is 12.4 Å². The van der Waals surface area contributed by atoms with Gasteiger partial charge in [0.05, 0.1) is 5.39 Å². The van der Waals surface area contributed by atoms with Crippen molar-refractivity contribution < 1.29 is 9.53 Å². The molecular weight excluding hydrogens is 256 g/mol. The standard InChI is InChI=1S/C14H18N4O2/c1-7-4-5-20-11(7)14(19)18-13-10-8(2)9(3)17-12(10)15-6-16-13/h6-7,11H,4-5H2,1-3H3,(H2,15,16,17,18,19)/t7-,11+/m0/s1. The number of nitrogens with one attached hydrogen (secondary N) is 2. The molecule has 1 aliphatic rings. The normalized spacial score (nSPS) is 22.4. The van der Waals surface area contributed by atoms with Crippen LogP contribution in [0.15, 0.2) is 6.33 Å². The van der Waals surface area contributed by atoms with Gasteiger partial charge >= 0.3 is 0 Å². The molecule has 6 heteroatoms. The molecule has 2 aromatic heterocycles. The van der Waals surface area contributed by atoms with E-state index in [0.717, 1.165) is 28.7 Å². The molecule has 3 rings (SSSR count). The Hall–Kier alpha value is -1.95. The minimum Gasteiger partial charge on any atom is -0.368 e. The molecule has 20 heavy (non-hydrogen) atoms. The number of aromatic amines is 1. The number of anilines is 1. The van der Waals surface area contributed by atoms with E-state index in [-0.39, 0.29) is 17.9 Å². The van der Waals surface area contributed by atoms with Crippen molar-refractivity contribution in [2.45, 2.75) is 33.3 Å². The van der Waals surface area contributed by atoms with Gasteiger partial charge in [-0.1, -0.05) is 6.92 Å². The Kier molecular flexibility index (Phi) is 3.17. The number of amides is 1. The summed E-state index contributed by atoms with van der Waals surface area (Å²) in [5.74, 6) is 0.652. The van der Waals surface area contributed by atoms with E-state index in [2.05, 4.69) is 20.3 Å². The average molecular weight is 274 g/mol. The fourth-order valence-electron chi connectivity index (χ4n) is 2.61. The quantitative estimate of drug-likeness (QED) is 0.877. The third-order valence-corrected chi connectivity index (χ3v) is 3.98. The number of fused-ring (bicyclic) bond motifs is 1. The molecule has 6 nitrogen and oxygen atoms in total. The first-order valence-electron chi connectivity index (χ1n) is 6.80. The van der Waals surface area contributed by atoms with Gasteiger partial charge in [-0.15, -0.1) is 0 Å². The first-order valence-corrected chi connectivity index (χ1v) is 6.80. The highest BCUT2D eigenvalue weighted by Crippen LogP contribution is 2.27. The molecule has 3 heterocycles. The number of rotatable bonds is 2. The Morgan fingerprint density at radius 1 is 1.45 bits per heavy atom. The van der Waals surface area contributed by atoms with Crippen LogP contribution < -0.4 is 5.32 Å².